The average Bonchev–Trinajstić information content (AvgIpc) is 2.55. The molecule has 2 rings (SSSR count). The molecule has 0 amide bonds. The Hall–Kier alpha value is -0.670. The molecule has 1 aliphatic carbocycles. The van der Waals surface area contributed by atoms with Crippen molar-refractivity contribution in [2.24, 2.45) is 0 Å². The number of likely N-dealkylation sites (N-methyl/N-ethyl adjacent to an activating group) is 1. The van der Waals surface area contributed by atoms with Crippen LogP contribution in [-0.2, 0) is 0 Å². The van der Waals surface area contributed by atoms with Gasteiger partial charge in [-0.05, 0) is 32.3 Å². The summed E-state index contributed by atoms with van der Waals surface area (Å²) >= 11 is 0. The summed E-state index contributed by atoms with van der Waals surface area (Å²) in [5.41, 5.74) is -1.05. The highest BCUT2D eigenvalue weighted by atomic mass is 16.3. The average molecular weight is 322 g/mol. The zero-order valence-electron chi connectivity index (χ0n) is 14.9. The number of phenols is 1. The summed E-state index contributed by atoms with van der Waals surface area (Å²) in [6, 6.07) is 0. The largest absolute Gasteiger partial charge is 0.509 e. The zero-order chi connectivity index (χ0) is 19.2. The second-order valence-corrected chi connectivity index (χ2v) is 7.30. The van der Waals surface area contributed by atoms with E-state index in [4.69, 9.17) is 47.1 Å². The molecule has 1 saturated carbocycles. The van der Waals surface area contributed by atoms with Gasteiger partial charge in [0.05, 0.1) is 27.0 Å². The fourth-order valence-corrected chi connectivity index (χ4v) is 3.79. The molecule has 1 aromatic rings. The van der Waals surface area contributed by atoms with E-state index in [2.05, 4.69) is 0 Å². The fraction of sp³-hybridized carbons (Fsp3) is 0.625. The van der Waals surface area contributed by atoms with Gasteiger partial charge in [-0.1, -0.05) is 46.7 Å². The summed E-state index contributed by atoms with van der Waals surface area (Å²) in [7, 11) is 40.3. The number of benzene rings is 1. The minimum atomic E-state index is -1.47. The molecular formula is C16H19B6NO2. The van der Waals surface area contributed by atoms with E-state index in [0.717, 1.165) is 19.3 Å². The van der Waals surface area contributed by atoms with Gasteiger partial charge < -0.3 is 15.1 Å². The van der Waals surface area contributed by atoms with Crippen LogP contribution in [0.2, 0.25) is 0 Å². The van der Waals surface area contributed by atoms with E-state index in [-0.39, 0.29) is 33.2 Å². The Kier molecular flexibility index (Phi) is 5.90. The molecule has 1 atom stereocenters. The lowest BCUT2D eigenvalue weighted by atomic mass is 9.45. The van der Waals surface area contributed by atoms with Crippen LogP contribution in [0.3, 0.4) is 0 Å². The Morgan fingerprint density at radius 2 is 1.36 bits per heavy atom. The number of hydrogen-bond acceptors (Lipinski definition) is 3. The standard InChI is InChI=1S/C16H19B6NO2/c1-23(2)16(21,22)14(15(25)6-4-3-5-7-15)8-9(17)11(19)13(24)12(20)10(8)18/h14,24-25H,3-7H2,1-2H3. The van der Waals surface area contributed by atoms with Crippen LogP contribution in [0.4, 0.5) is 0 Å². The van der Waals surface area contributed by atoms with Crippen molar-refractivity contribution in [3.05, 3.63) is 5.56 Å². The summed E-state index contributed by atoms with van der Waals surface area (Å²) in [5, 5.41) is 20.0. The third-order valence-electron chi connectivity index (χ3n) is 5.45. The van der Waals surface area contributed by atoms with Gasteiger partial charge in [0.15, 0.2) is 0 Å². The molecule has 25 heavy (non-hydrogen) atoms. The quantitative estimate of drug-likeness (QED) is 0.577. The molecule has 1 aromatic carbocycles. The van der Waals surface area contributed by atoms with Crippen LogP contribution >= 0.6 is 0 Å². The Bertz CT molecular complexity index is 630. The summed E-state index contributed by atoms with van der Waals surface area (Å²) in [6.45, 7) is 0. The van der Waals surface area contributed by atoms with Gasteiger partial charge in [-0.25, -0.2) is 0 Å². The zero-order valence-corrected chi connectivity index (χ0v) is 14.9. The molecule has 0 spiro atoms. The van der Waals surface area contributed by atoms with Crippen LogP contribution in [0.15, 0.2) is 0 Å². The fourth-order valence-electron chi connectivity index (χ4n) is 3.79. The van der Waals surface area contributed by atoms with Gasteiger partial charge in [-0.3, -0.25) is 0 Å². The maximum atomic E-state index is 11.4. The highest BCUT2D eigenvalue weighted by molar-refractivity contribution is 6.59. The van der Waals surface area contributed by atoms with Crippen LogP contribution in [0, 0.1) is 0 Å². The molecule has 0 heterocycles. The molecular weight excluding hydrogens is 303 g/mol. The second kappa shape index (κ2) is 7.15. The topological polar surface area (TPSA) is 43.7 Å². The summed E-state index contributed by atoms with van der Waals surface area (Å²) in [5.74, 6) is -1.22. The van der Waals surface area contributed by atoms with Gasteiger partial charge in [0.2, 0.25) is 0 Å². The van der Waals surface area contributed by atoms with Gasteiger partial charge in [0.1, 0.15) is 31.4 Å². The van der Waals surface area contributed by atoms with Gasteiger partial charge >= 0.3 is 0 Å². The molecule has 9 heteroatoms. The molecule has 12 radical (unpaired) electrons. The monoisotopic (exact) mass is 323 g/mol. The first-order chi connectivity index (χ1) is 11.4. The number of aromatic hydroxyl groups is 1. The van der Waals surface area contributed by atoms with E-state index in [9.17, 15) is 10.2 Å². The first-order valence-corrected chi connectivity index (χ1v) is 8.37. The number of rotatable bonds is 4. The summed E-state index contributed by atoms with van der Waals surface area (Å²) in [4.78, 5) is 1.60. The molecule has 1 unspecified atom stereocenters. The van der Waals surface area contributed by atoms with Crippen molar-refractivity contribution in [3.63, 3.8) is 0 Å². The van der Waals surface area contributed by atoms with Crippen LogP contribution in [-0.4, -0.2) is 87.2 Å². The molecule has 2 N–H and O–H groups in total. The van der Waals surface area contributed by atoms with Gasteiger partial charge in [0, 0.05) is 5.92 Å². The molecule has 1 fully saturated rings. The Morgan fingerprint density at radius 1 is 0.920 bits per heavy atom. The second-order valence-electron chi connectivity index (χ2n) is 7.30. The summed E-state index contributed by atoms with van der Waals surface area (Å²) < 4.78 is 0. The lowest BCUT2D eigenvalue weighted by Gasteiger charge is -2.52. The Labute approximate surface area is 158 Å². The van der Waals surface area contributed by atoms with Crippen molar-refractivity contribution < 1.29 is 10.2 Å². The lowest BCUT2D eigenvalue weighted by Crippen LogP contribution is -2.62. The predicted molar refractivity (Wildman–Crippen MR) is 108 cm³/mol. The third-order valence-corrected chi connectivity index (χ3v) is 5.45. The van der Waals surface area contributed by atoms with E-state index in [1.54, 1.807) is 19.0 Å². The van der Waals surface area contributed by atoms with Gasteiger partial charge in [-0.2, -0.15) is 0 Å². The minimum Gasteiger partial charge on any atom is -0.509 e. The SMILES string of the molecule is [B]c1c([B])c(C(C2(O)CCCCC2)C([B])([B])N(C)C)c([B])c([B])c1O. The lowest BCUT2D eigenvalue weighted by molar-refractivity contribution is -0.0383. The van der Waals surface area contributed by atoms with E-state index in [1.165, 1.54) is 0 Å². The highest BCUT2D eigenvalue weighted by Gasteiger charge is 2.48. The van der Waals surface area contributed by atoms with Crippen LogP contribution < -0.4 is 21.9 Å². The normalized spacial score (nSPS) is 19.0. The van der Waals surface area contributed by atoms with E-state index < -0.39 is 16.9 Å². The first kappa shape index (κ1) is 20.6. The van der Waals surface area contributed by atoms with Crippen molar-refractivity contribution >= 4 is 68.9 Å². The van der Waals surface area contributed by atoms with E-state index in [0.29, 0.717) is 12.8 Å². The third kappa shape index (κ3) is 3.47. The molecule has 0 aliphatic heterocycles. The maximum Gasteiger partial charge on any atom is 0.118 e. The van der Waals surface area contributed by atoms with Crippen molar-refractivity contribution in [2.75, 3.05) is 14.1 Å². The summed E-state index contributed by atoms with van der Waals surface area (Å²) in [6.07, 6.45) is 3.69. The van der Waals surface area contributed by atoms with E-state index in [1.807, 2.05) is 0 Å². The van der Waals surface area contributed by atoms with Crippen molar-refractivity contribution in [1.82, 2.24) is 4.90 Å². The number of phenolic OH excluding ortho intramolecular Hbond substituents is 1. The minimum absolute atomic E-state index is 0.0373. The molecule has 1 aliphatic rings. The Balaban J connectivity index is 2.78. The van der Waals surface area contributed by atoms with E-state index >= 15 is 0 Å². The molecule has 0 bridgehead atoms. The predicted octanol–water partition coefficient (Wildman–Crippen LogP) is -3.10. The molecule has 0 saturated heterocycles. The highest BCUT2D eigenvalue weighted by Crippen LogP contribution is 2.44. The first-order valence-electron chi connectivity index (χ1n) is 8.37. The van der Waals surface area contributed by atoms with Crippen molar-refractivity contribution in [2.45, 2.75) is 49.0 Å². The van der Waals surface area contributed by atoms with Gasteiger partial charge in [0.25, 0.3) is 0 Å². The maximum absolute atomic E-state index is 11.4. The Morgan fingerprint density at radius 3 is 1.76 bits per heavy atom. The number of aliphatic hydroxyl groups is 1. The van der Waals surface area contributed by atoms with Crippen LogP contribution in [0.25, 0.3) is 0 Å². The van der Waals surface area contributed by atoms with Crippen LogP contribution in [0.5, 0.6) is 5.75 Å². The smallest absolute Gasteiger partial charge is 0.118 e. The van der Waals surface area contributed by atoms with Gasteiger partial charge in [-0.15, -0.1) is 0 Å². The van der Waals surface area contributed by atoms with Crippen molar-refractivity contribution in [3.8, 4) is 5.75 Å². The van der Waals surface area contributed by atoms with Crippen molar-refractivity contribution in [1.29, 1.82) is 0 Å². The molecule has 3 nitrogen and oxygen atoms in total. The van der Waals surface area contributed by atoms with Crippen LogP contribution in [0.1, 0.15) is 43.6 Å². The molecule has 0 aromatic heterocycles. The number of nitrogens with zero attached hydrogens (tertiary/aromatic N) is 1. The number of hydrogen-bond donors (Lipinski definition) is 2. The molecule has 118 valence electrons.